The number of hydrogen-bond acceptors (Lipinski definition) is 0. The van der Waals surface area contributed by atoms with Crippen molar-refractivity contribution in [3.8, 4) is 0 Å². The minimum absolute atomic E-state index is 0.459. The molecule has 0 spiro atoms. The third-order valence-electron chi connectivity index (χ3n) is 2.12. The van der Waals surface area contributed by atoms with E-state index in [-0.39, 0.29) is 0 Å². The van der Waals surface area contributed by atoms with E-state index < -0.39 is 8.11 Å². The maximum Gasteiger partial charge on any atom is 0.162 e. The summed E-state index contributed by atoms with van der Waals surface area (Å²) in [6.07, 6.45) is 9.82. The lowest BCUT2D eigenvalue weighted by molar-refractivity contribution is 0.601. The standard InChI is InChI=1S/C10H22ClSi/c1-3-4-5-6-7-8-9-10-12(2)11/h3-10H2,1-2H3. The van der Waals surface area contributed by atoms with Crippen LogP contribution in [0.3, 0.4) is 0 Å². The van der Waals surface area contributed by atoms with Crippen LogP contribution in [0.4, 0.5) is 0 Å². The van der Waals surface area contributed by atoms with Crippen LogP contribution in [-0.2, 0) is 0 Å². The lowest BCUT2D eigenvalue weighted by Gasteiger charge is -2.01. The largest absolute Gasteiger partial charge is 0.169 e. The Morgan fingerprint density at radius 3 is 1.92 bits per heavy atom. The minimum atomic E-state index is -0.459. The molecular formula is C10H22ClSi. The van der Waals surface area contributed by atoms with Crippen molar-refractivity contribution >= 4 is 19.2 Å². The van der Waals surface area contributed by atoms with Gasteiger partial charge < -0.3 is 0 Å². The highest BCUT2D eigenvalue weighted by Crippen LogP contribution is 2.10. The summed E-state index contributed by atoms with van der Waals surface area (Å²) in [5.74, 6) is 0. The van der Waals surface area contributed by atoms with E-state index in [2.05, 4.69) is 13.5 Å². The summed E-state index contributed by atoms with van der Waals surface area (Å²) in [5, 5.41) is 0. The van der Waals surface area contributed by atoms with E-state index in [1.165, 1.54) is 51.0 Å². The van der Waals surface area contributed by atoms with Gasteiger partial charge in [0.05, 0.1) is 0 Å². The number of rotatable bonds is 8. The van der Waals surface area contributed by atoms with Crippen molar-refractivity contribution in [3.63, 3.8) is 0 Å². The van der Waals surface area contributed by atoms with Crippen LogP contribution in [0, 0.1) is 0 Å². The zero-order chi connectivity index (χ0) is 9.23. The van der Waals surface area contributed by atoms with Crippen molar-refractivity contribution in [2.45, 2.75) is 64.5 Å². The summed E-state index contributed by atoms with van der Waals surface area (Å²) in [5.41, 5.74) is 0. The predicted octanol–water partition coefficient (Wildman–Crippen LogP) is 4.60. The van der Waals surface area contributed by atoms with E-state index in [1.54, 1.807) is 0 Å². The van der Waals surface area contributed by atoms with Crippen LogP contribution in [0.1, 0.15) is 51.9 Å². The summed E-state index contributed by atoms with van der Waals surface area (Å²) in [6, 6.07) is 1.29. The average molecular weight is 206 g/mol. The molecule has 12 heavy (non-hydrogen) atoms. The molecule has 2 heteroatoms. The van der Waals surface area contributed by atoms with Crippen molar-refractivity contribution in [3.05, 3.63) is 0 Å². The molecule has 0 aromatic heterocycles. The smallest absolute Gasteiger partial charge is 0.162 e. The molecule has 1 radical (unpaired) electrons. The van der Waals surface area contributed by atoms with Gasteiger partial charge in [0.15, 0.2) is 8.11 Å². The second kappa shape index (κ2) is 9.59. The normalized spacial score (nSPS) is 11.0. The molecule has 0 atom stereocenters. The van der Waals surface area contributed by atoms with Crippen molar-refractivity contribution < 1.29 is 0 Å². The molecule has 0 aromatic carbocycles. The van der Waals surface area contributed by atoms with Gasteiger partial charge in [0.2, 0.25) is 0 Å². The molecule has 0 aromatic rings. The first-order valence-corrected chi connectivity index (χ1v) is 8.47. The highest BCUT2D eigenvalue weighted by molar-refractivity contribution is 7.06. The van der Waals surface area contributed by atoms with Gasteiger partial charge in [0, 0.05) is 0 Å². The predicted molar refractivity (Wildman–Crippen MR) is 60.3 cm³/mol. The molecule has 0 heterocycles. The minimum Gasteiger partial charge on any atom is -0.169 e. The quantitative estimate of drug-likeness (QED) is 0.309. The van der Waals surface area contributed by atoms with E-state index in [0.29, 0.717) is 0 Å². The fourth-order valence-corrected chi connectivity index (χ4v) is 2.46. The molecule has 0 aliphatic carbocycles. The van der Waals surface area contributed by atoms with E-state index in [0.717, 1.165) is 0 Å². The highest BCUT2D eigenvalue weighted by Gasteiger charge is 1.98. The van der Waals surface area contributed by atoms with Gasteiger partial charge in [-0.05, 0) is 6.04 Å². The Bertz CT molecular complexity index is 83.9. The van der Waals surface area contributed by atoms with E-state index in [1.807, 2.05) is 0 Å². The van der Waals surface area contributed by atoms with Gasteiger partial charge in [-0.2, -0.15) is 11.1 Å². The molecule has 0 bridgehead atoms. The van der Waals surface area contributed by atoms with E-state index in [4.69, 9.17) is 11.1 Å². The molecule has 0 aliphatic heterocycles. The maximum absolute atomic E-state index is 5.94. The summed E-state index contributed by atoms with van der Waals surface area (Å²) in [4.78, 5) is 0. The average Bonchev–Trinajstić information content (AvgIpc) is 2.02. The van der Waals surface area contributed by atoms with E-state index >= 15 is 0 Å². The molecule has 0 unspecified atom stereocenters. The van der Waals surface area contributed by atoms with Crippen LogP contribution >= 0.6 is 11.1 Å². The van der Waals surface area contributed by atoms with Gasteiger partial charge >= 0.3 is 0 Å². The maximum atomic E-state index is 5.94. The molecule has 0 saturated heterocycles. The van der Waals surface area contributed by atoms with Crippen LogP contribution in [0.2, 0.25) is 12.6 Å². The fourth-order valence-electron chi connectivity index (χ4n) is 1.33. The first-order chi connectivity index (χ1) is 5.77. The van der Waals surface area contributed by atoms with Gasteiger partial charge in [-0.15, -0.1) is 0 Å². The van der Waals surface area contributed by atoms with E-state index in [9.17, 15) is 0 Å². The van der Waals surface area contributed by atoms with Gasteiger partial charge in [0.25, 0.3) is 0 Å². The van der Waals surface area contributed by atoms with Crippen LogP contribution in [0.5, 0.6) is 0 Å². The second-order valence-corrected chi connectivity index (χ2v) is 7.34. The molecule has 73 valence electrons. The van der Waals surface area contributed by atoms with Crippen LogP contribution in [0.15, 0.2) is 0 Å². The lowest BCUT2D eigenvalue weighted by atomic mass is 10.1. The summed E-state index contributed by atoms with van der Waals surface area (Å²) < 4.78 is 0. The Labute approximate surface area is 84.0 Å². The van der Waals surface area contributed by atoms with Crippen LogP contribution in [-0.4, -0.2) is 8.11 Å². The molecule has 0 nitrogen and oxygen atoms in total. The third kappa shape index (κ3) is 10.5. The SMILES string of the molecule is CCCCCCCCC[Si](C)Cl. The third-order valence-corrected chi connectivity index (χ3v) is 3.73. The van der Waals surface area contributed by atoms with Gasteiger partial charge in [-0.25, -0.2) is 0 Å². The fraction of sp³-hybridized carbons (Fsp3) is 1.00. The zero-order valence-corrected chi connectivity index (χ0v) is 10.3. The Balaban J connectivity index is 2.82. The van der Waals surface area contributed by atoms with Crippen molar-refractivity contribution in [2.75, 3.05) is 0 Å². The Morgan fingerprint density at radius 2 is 1.42 bits per heavy atom. The van der Waals surface area contributed by atoms with Crippen molar-refractivity contribution in [2.24, 2.45) is 0 Å². The zero-order valence-electron chi connectivity index (χ0n) is 8.53. The molecule has 0 N–H and O–H groups in total. The molecule has 0 amide bonds. The molecular weight excluding hydrogens is 184 g/mol. The van der Waals surface area contributed by atoms with Crippen molar-refractivity contribution in [1.82, 2.24) is 0 Å². The van der Waals surface area contributed by atoms with Gasteiger partial charge in [-0.1, -0.05) is 58.4 Å². The van der Waals surface area contributed by atoms with Crippen LogP contribution < -0.4 is 0 Å². The topological polar surface area (TPSA) is 0 Å². The lowest BCUT2D eigenvalue weighted by Crippen LogP contribution is -1.94. The number of unbranched alkanes of at least 4 members (excludes halogenated alkanes) is 6. The summed E-state index contributed by atoms with van der Waals surface area (Å²) in [7, 11) is -0.459. The number of halogens is 1. The van der Waals surface area contributed by atoms with Crippen LogP contribution in [0.25, 0.3) is 0 Å². The van der Waals surface area contributed by atoms with Gasteiger partial charge in [-0.3, -0.25) is 0 Å². The molecule has 0 saturated carbocycles. The summed E-state index contributed by atoms with van der Waals surface area (Å²) in [6.45, 7) is 4.45. The first kappa shape index (κ1) is 12.5. The van der Waals surface area contributed by atoms with Gasteiger partial charge in [0.1, 0.15) is 0 Å². The second-order valence-electron chi connectivity index (χ2n) is 3.55. The first-order valence-electron chi connectivity index (χ1n) is 5.25. The molecule has 0 fully saturated rings. The highest BCUT2D eigenvalue weighted by atomic mass is 35.6. The number of hydrogen-bond donors (Lipinski definition) is 0. The molecule has 0 rings (SSSR count). The Morgan fingerprint density at radius 1 is 0.917 bits per heavy atom. The summed E-state index contributed by atoms with van der Waals surface area (Å²) >= 11 is 5.94. The molecule has 0 aliphatic rings. The Kier molecular flexibility index (Phi) is 10.00. The van der Waals surface area contributed by atoms with Crippen molar-refractivity contribution in [1.29, 1.82) is 0 Å². The monoisotopic (exact) mass is 205 g/mol. The Hall–Kier alpha value is 0.507.